The Morgan fingerprint density at radius 2 is 1.62 bits per heavy atom. The minimum absolute atomic E-state index is 1.75. The Balaban J connectivity index is 0.000000223. The normalized spacial score (nSPS) is 9.62. The van der Waals surface area contributed by atoms with Crippen LogP contribution in [0, 0.1) is 10.1 Å². The van der Waals surface area contributed by atoms with Crippen LogP contribution in [0.5, 0.6) is 0 Å². The molecule has 0 unspecified atom stereocenters. The minimum Gasteiger partial charge on any atom is -0.265 e. The van der Waals surface area contributed by atoms with Gasteiger partial charge in [0.15, 0.2) is 4.33 Å². The minimum atomic E-state index is -5.02. The highest BCUT2D eigenvalue weighted by Gasteiger charge is 2.16. The van der Waals surface area contributed by atoms with Crippen LogP contribution in [-0.2, 0) is 10.3 Å². The predicted octanol–water partition coefficient (Wildman–Crippen LogP) is 0.147. The molecule has 1 rings (SSSR count). The maximum absolute atomic E-state index is 9.19. The second-order valence-electron chi connectivity index (χ2n) is 1.70. The van der Waals surface area contributed by atoms with E-state index >= 15 is 0 Å². The van der Waals surface area contributed by atoms with Crippen molar-refractivity contribution >= 4 is 10.3 Å². The van der Waals surface area contributed by atoms with E-state index in [1.165, 1.54) is 0 Å². The van der Waals surface area contributed by atoms with E-state index in [0.717, 1.165) is 0 Å². The highest BCUT2D eigenvalue weighted by atomic mass is 32.2. The lowest BCUT2D eigenvalue weighted by molar-refractivity contribution is -0.316. The molecule has 0 atom stereocenters. The molecule has 0 saturated heterocycles. The third kappa shape index (κ3) is 6.84. The first-order valence-electron chi connectivity index (χ1n) is 2.91. The van der Waals surface area contributed by atoms with Crippen molar-refractivity contribution in [2.24, 2.45) is 0 Å². The summed E-state index contributed by atoms with van der Waals surface area (Å²) in [6.07, 6.45) is 3.50. The molecule has 0 aliphatic rings. The monoisotopic (exact) mass is 206 g/mol. The molecule has 0 amide bonds. The highest BCUT2D eigenvalue weighted by Crippen LogP contribution is 1.77. The average molecular weight is 206 g/mol. The molecular weight excluding hydrogens is 200 g/mol. The number of aromatic nitrogens is 1. The van der Waals surface area contributed by atoms with Gasteiger partial charge in [-0.2, -0.15) is 0 Å². The number of hydrogen-bond acceptors (Lipinski definition) is 5. The fourth-order valence-electron chi connectivity index (χ4n) is 0.313. The van der Waals surface area contributed by atoms with Gasteiger partial charge < -0.3 is 0 Å². The van der Waals surface area contributed by atoms with Crippen LogP contribution in [0.25, 0.3) is 0 Å². The molecule has 0 aliphatic carbocycles. The number of hydrogen-bond donors (Lipinski definition) is 1. The first kappa shape index (κ1) is 11.5. The first-order valence-corrected chi connectivity index (χ1v) is 4.31. The zero-order valence-electron chi connectivity index (χ0n) is 6.27. The molecule has 0 radical (unpaired) electrons. The van der Waals surface area contributed by atoms with Crippen LogP contribution in [-0.4, -0.2) is 22.3 Å². The molecule has 0 bridgehead atoms. The van der Waals surface area contributed by atoms with Crippen molar-refractivity contribution in [3.63, 3.8) is 0 Å². The lowest BCUT2D eigenvalue weighted by atomic mass is 10.5. The lowest BCUT2D eigenvalue weighted by Gasteiger charge is -1.76. The van der Waals surface area contributed by atoms with Gasteiger partial charge in [-0.05, 0) is 12.1 Å². The van der Waals surface area contributed by atoms with Crippen LogP contribution in [0.15, 0.2) is 30.6 Å². The molecule has 0 fully saturated rings. The summed E-state index contributed by atoms with van der Waals surface area (Å²) in [5.41, 5.74) is 0. The molecule has 0 aromatic carbocycles. The molecule has 7 nitrogen and oxygen atoms in total. The van der Waals surface area contributed by atoms with Gasteiger partial charge in [-0.3, -0.25) is 4.98 Å². The van der Waals surface area contributed by atoms with E-state index in [9.17, 15) is 8.42 Å². The topological polar surface area (TPSA) is 110 Å². The molecule has 1 aromatic rings. The molecule has 1 heterocycles. The molecule has 72 valence electrons. The van der Waals surface area contributed by atoms with Gasteiger partial charge in [-0.1, -0.05) is 6.07 Å². The highest BCUT2D eigenvalue weighted by molar-refractivity contribution is 7.79. The maximum Gasteiger partial charge on any atom is 0.563 e. The van der Waals surface area contributed by atoms with E-state index in [-0.39, 0.29) is 0 Å². The molecule has 1 aromatic heterocycles. The van der Waals surface area contributed by atoms with Crippen molar-refractivity contribution in [1.29, 1.82) is 0 Å². The number of nitrogens with zero attached hydrogens (tertiary/aromatic N) is 2. The van der Waals surface area contributed by atoms with Gasteiger partial charge in [0.1, 0.15) is 0 Å². The Bertz CT molecular complexity index is 322. The largest absolute Gasteiger partial charge is 0.563 e. The van der Waals surface area contributed by atoms with Crippen molar-refractivity contribution in [2.75, 3.05) is 0 Å². The Morgan fingerprint density at radius 3 is 1.69 bits per heavy atom. The lowest BCUT2D eigenvalue weighted by Crippen LogP contribution is -2.09. The third-order valence-electron chi connectivity index (χ3n) is 0.755. The zero-order valence-corrected chi connectivity index (χ0v) is 7.09. The Kier molecular flexibility index (Phi) is 4.55. The van der Waals surface area contributed by atoms with Gasteiger partial charge in [0, 0.05) is 12.4 Å². The second kappa shape index (κ2) is 5.17. The quantitative estimate of drug-likeness (QED) is 0.397. The standard InChI is InChI=1S/C5H5N.HNO5S/c1-2-4-6-5-3-1;2-1(3)7(4,5)6/h1-5H;(H,4,5,6). The summed E-state index contributed by atoms with van der Waals surface area (Å²) in [6, 6.07) is 5.72. The molecule has 1 N–H and O–H groups in total. The molecule has 0 spiro atoms. The fourth-order valence-corrected chi connectivity index (χ4v) is 0.313. The first-order chi connectivity index (χ1) is 5.94. The van der Waals surface area contributed by atoms with E-state index in [1.807, 2.05) is 18.2 Å². The molecule has 13 heavy (non-hydrogen) atoms. The predicted molar refractivity (Wildman–Crippen MR) is 42.8 cm³/mol. The van der Waals surface area contributed by atoms with Crippen LogP contribution < -0.4 is 0 Å². The van der Waals surface area contributed by atoms with Gasteiger partial charge in [0.05, 0.1) is 0 Å². The van der Waals surface area contributed by atoms with Gasteiger partial charge in [0.2, 0.25) is 0 Å². The third-order valence-corrected chi connectivity index (χ3v) is 1.13. The zero-order chi connectivity index (χ0) is 10.3. The van der Waals surface area contributed by atoms with Crippen molar-refractivity contribution in [3.05, 3.63) is 40.7 Å². The molecule has 0 saturated carbocycles. The van der Waals surface area contributed by atoms with E-state index in [4.69, 9.17) is 14.7 Å². The van der Waals surface area contributed by atoms with Gasteiger partial charge in [-0.15, -0.1) is 8.42 Å². The summed E-state index contributed by atoms with van der Waals surface area (Å²) in [7, 11) is -5.02. The van der Waals surface area contributed by atoms with Gasteiger partial charge in [-0.25, -0.2) is 14.7 Å². The van der Waals surface area contributed by atoms with Crippen molar-refractivity contribution in [3.8, 4) is 0 Å². The summed E-state index contributed by atoms with van der Waals surface area (Å²) < 4.78 is 24.0. The molecular formula is C5H6N2O5S. The maximum atomic E-state index is 9.19. The Morgan fingerprint density at radius 1 is 1.23 bits per heavy atom. The van der Waals surface area contributed by atoms with Crippen LogP contribution in [0.2, 0.25) is 0 Å². The summed E-state index contributed by atoms with van der Waals surface area (Å²) >= 11 is 0. The van der Waals surface area contributed by atoms with E-state index < -0.39 is 14.6 Å². The summed E-state index contributed by atoms with van der Waals surface area (Å²) in [6.45, 7) is 0. The van der Waals surface area contributed by atoms with Gasteiger partial charge in [0.25, 0.3) is 0 Å². The van der Waals surface area contributed by atoms with Crippen LogP contribution in [0.1, 0.15) is 0 Å². The van der Waals surface area contributed by atoms with Crippen molar-refractivity contribution in [2.45, 2.75) is 0 Å². The number of nitro groups is 1. The summed E-state index contributed by atoms with van der Waals surface area (Å²) in [5.74, 6) is 0. The Hall–Kier alpha value is -1.54. The van der Waals surface area contributed by atoms with E-state index in [1.54, 1.807) is 12.4 Å². The molecule has 0 aliphatic heterocycles. The van der Waals surface area contributed by atoms with Gasteiger partial charge >= 0.3 is 10.3 Å². The smallest absolute Gasteiger partial charge is 0.265 e. The number of rotatable bonds is 1. The summed E-state index contributed by atoms with van der Waals surface area (Å²) in [4.78, 5) is 12.8. The van der Waals surface area contributed by atoms with Crippen molar-refractivity contribution in [1.82, 2.24) is 4.98 Å². The van der Waals surface area contributed by atoms with E-state index in [0.29, 0.717) is 0 Å². The SMILES string of the molecule is O=[N+]([O-])S(=O)(=O)O.c1ccncc1. The van der Waals surface area contributed by atoms with Crippen molar-refractivity contribution < 1.29 is 17.3 Å². The second-order valence-corrected chi connectivity index (χ2v) is 2.89. The van der Waals surface area contributed by atoms with Crippen LogP contribution >= 0.6 is 0 Å². The van der Waals surface area contributed by atoms with Crippen LogP contribution in [0.3, 0.4) is 0 Å². The van der Waals surface area contributed by atoms with E-state index in [2.05, 4.69) is 4.98 Å². The van der Waals surface area contributed by atoms with Crippen LogP contribution in [0.4, 0.5) is 0 Å². The Labute approximate surface area is 74.1 Å². The average Bonchev–Trinajstić information content (AvgIpc) is 2.07. The summed E-state index contributed by atoms with van der Waals surface area (Å²) in [5, 5.41) is 8.99. The number of pyridine rings is 1. The fraction of sp³-hybridized carbons (Fsp3) is 0. The molecule has 8 heteroatoms.